The third-order valence-electron chi connectivity index (χ3n) is 3.29. The number of ether oxygens (including phenoxy) is 1. The summed E-state index contributed by atoms with van der Waals surface area (Å²) in [6.45, 7) is -0.177. The molecular weight excluding hydrogens is 384 g/mol. The van der Waals surface area contributed by atoms with Gasteiger partial charge >= 0.3 is 0 Å². The highest BCUT2D eigenvalue weighted by molar-refractivity contribution is 8.00. The highest BCUT2D eigenvalue weighted by Gasteiger charge is 2.14. The molecule has 7 nitrogen and oxygen atoms in total. The summed E-state index contributed by atoms with van der Waals surface area (Å²) >= 11 is 8.65. The van der Waals surface area contributed by atoms with E-state index in [4.69, 9.17) is 16.3 Å². The minimum atomic E-state index is -0.390. The van der Waals surface area contributed by atoms with Gasteiger partial charge in [0.2, 0.25) is 5.91 Å². The third-order valence-corrected chi connectivity index (χ3v) is 5.54. The monoisotopic (exact) mass is 396 g/mol. The number of benzene rings is 1. The Balaban J connectivity index is 1.84. The van der Waals surface area contributed by atoms with Crippen LogP contribution in [0.5, 0.6) is 5.75 Å². The lowest BCUT2D eigenvalue weighted by Gasteiger charge is -2.11. The molecule has 1 aromatic carbocycles. The van der Waals surface area contributed by atoms with Crippen molar-refractivity contribution < 1.29 is 9.53 Å². The molecule has 0 unspecified atom stereocenters. The van der Waals surface area contributed by atoms with Crippen molar-refractivity contribution in [3.05, 3.63) is 39.9 Å². The zero-order valence-electron chi connectivity index (χ0n) is 13.3. The summed E-state index contributed by atoms with van der Waals surface area (Å²) in [4.78, 5) is 33.2. The van der Waals surface area contributed by atoms with Gasteiger partial charge < -0.3 is 10.1 Å². The second kappa shape index (κ2) is 7.42. The molecule has 3 rings (SSSR count). The molecule has 2 heterocycles. The van der Waals surface area contributed by atoms with E-state index < -0.39 is 5.91 Å². The van der Waals surface area contributed by atoms with Crippen LogP contribution in [-0.2, 0) is 11.3 Å². The number of rotatable bonds is 5. The van der Waals surface area contributed by atoms with Crippen molar-refractivity contribution >= 4 is 56.6 Å². The predicted octanol–water partition coefficient (Wildman–Crippen LogP) is 2.88. The summed E-state index contributed by atoms with van der Waals surface area (Å²) in [5.41, 5.74) is 0.535. The lowest BCUT2D eigenvalue weighted by Crippen LogP contribution is -2.27. The van der Waals surface area contributed by atoms with Crippen LogP contribution in [0.4, 0.5) is 5.69 Å². The van der Waals surface area contributed by atoms with Crippen molar-refractivity contribution in [3.63, 3.8) is 0 Å². The summed E-state index contributed by atoms with van der Waals surface area (Å²) in [7, 11) is 1.49. The van der Waals surface area contributed by atoms with Gasteiger partial charge in [0, 0.05) is 5.02 Å². The number of hydrogen-bond donors (Lipinski definition) is 1. The molecule has 0 bridgehead atoms. The van der Waals surface area contributed by atoms with E-state index >= 15 is 0 Å². The van der Waals surface area contributed by atoms with E-state index in [1.54, 1.807) is 18.2 Å². The van der Waals surface area contributed by atoms with E-state index in [0.29, 0.717) is 26.8 Å². The molecule has 0 spiro atoms. The van der Waals surface area contributed by atoms with Crippen molar-refractivity contribution in [2.24, 2.45) is 0 Å². The molecule has 130 valence electrons. The lowest BCUT2D eigenvalue weighted by atomic mass is 10.3. The van der Waals surface area contributed by atoms with Crippen molar-refractivity contribution in [3.8, 4) is 5.75 Å². The second-order valence-corrected chi connectivity index (χ2v) is 7.40. The molecule has 0 atom stereocenters. The Morgan fingerprint density at radius 2 is 2.28 bits per heavy atom. The van der Waals surface area contributed by atoms with Crippen LogP contribution in [0.25, 0.3) is 10.3 Å². The Kier molecular flexibility index (Phi) is 5.26. The van der Waals surface area contributed by atoms with Gasteiger partial charge in [0.05, 0.1) is 12.8 Å². The summed E-state index contributed by atoms with van der Waals surface area (Å²) < 4.78 is 7.62. The number of nitrogens with one attached hydrogen (secondary N) is 1. The molecule has 1 amide bonds. The second-order valence-electron chi connectivity index (χ2n) is 4.91. The molecule has 2 aromatic heterocycles. The van der Waals surface area contributed by atoms with Crippen molar-refractivity contribution in [2.45, 2.75) is 10.9 Å². The average Bonchev–Trinajstić information content (AvgIpc) is 3.02. The zero-order chi connectivity index (χ0) is 18.0. The molecule has 25 heavy (non-hydrogen) atoms. The molecule has 0 radical (unpaired) electrons. The van der Waals surface area contributed by atoms with Crippen LogP contribution in [-0.4, -0.2) is 33.8 Å². The molecule has 0 saturated carbocycles. The van der Waals surface area contributed by atoms with Gasteiger partial charge in [-0.3, -0.25) is 14.2 Å². The van der Waals surface area contributed by atoms with Crippen LogP contribution in [0.2, 0.25) is 5.02 Å². The van der Waals surface area contributed by atoms with Gasteiger partial charge in [0.25, 0.3) is 5.56 Å². The fourth-order valence-electron chi connectivity index (χ4n) is 2.15. The molecule has 0 aliphatic rings. The van der Waals surface area contributed by atoms with E-state index in [9.17, 15) is 9.59 Å². The van der Waals surface area contributed by atoms with Crippen molar-refractivity contribution in [2.75, 3.05) is 18.7 Å². The number of hydrogen-bond acceptors (Lipinski definition) is 7. The zero-order valence-corrected chi connectivity index (χ0v) is 15.7. The maximum absolute atomic E-state index is 12.5. The molecule has 0 aliphatic carbocycles. The fraction of sp³-hybridized carbons (Fsp3) is 0.200. The van der Waals surface area contributed by atoms with E-state index in [0.717, 1.165) is 4.34 Å². The number of anilines is 1. The Morgan fingerprint density at radius 1 is 1.48 bits per heavy atom. The van der Waals surface area contributed by atoms with Gasteiger partial charge in [-0.05, 0) is 24.5 Å². The van der Waals surface area contributed by atoms with E-state index in [2.05, 4.69) is 15.3 Å². The highest BCUT2D eigenvalue weighted by atomic mass is 35.5. The number of thioether (sulfide) groups is 1. The average molecular weight is 397 g/mol. The normalized spacial score (nSPS) is 10.8. The summed E-state index contributed by atoms with van der Waals surface area (Å²) in [5.74, 6) is 0.0872. The molecule has 10 heteroatoms. The minimum Gasteiger partial charge on any atom is -0.495 e. The molecule has 3 aromatic rings. The Labute approximate surface area is 156 Å². The number of carbonyl (C=O) groups is 1. The Hall–Kier alpha value is -2.10. The van der Waals surface area contributed by atoms with Gasteiger partial charge in [-0.1, -0.05) is 23.4 Å². The fourth-order valence-corrected chi connectivity index (χ4v) is 3.78. The molecule has 0 fully saturated rings. The van der Waals surface area contributed by atoms with Crippen LogP contribution in [0, 0.1) is 0 Å². The highest BCUT2D eigenvalue weighted by Crippen LogP contribution is 2.27. The maximum atomic E-state index is 12.5. The van der Waals surface area contributed by atoms with Gasteiger partial charge in [0.15, 0.2) is 9.99 Å². The van der Waals surface area contributed by atoms with Gasteiger partial charge in [-0.2, -0.15) is 0 Å². The van der Waals surface area contributed by atoms with E-state index in [1.165, 1.54) is 41.1 Å². The molecular formula is C15H13ClN4O3S2. The van der Waals surface area contributed by atoms with E-state index in [1.807, 2.05) is 6.26 Å². The van der Waals surface area contributed by atoms with Gasteiger partial charge in [-0.25, -0.2) is 9.97 Å². The van der Waals surface area contributed by atoms with Crippen molar-refractivity contribution in [1.29, 1.82) is 0 Å². The number of amides is 1. The molecule has 1 N–H and O–H groups in total. The standard InChI is InChI=1S/C15H13ClN4O3S2/c1-23-10-4-3-8(16)5-9(10)18-11(21)6-20-7-17-13-12(14(20)22)25-15(19-13)24-2/h3-5,7H,6H2,1-2H3,(H,18,21). The van der Waals surface area contributed by atoms with Crippen LogP contribution < -0.4 is 15.6 Å². The quantitative estimate of drug-likeness (QED) is 0.667. The number of aromatic nitrogens is 3. The smallest absolute Gasteiger partial charge is 0.273 e. The van der Waals surface area contributed by atoms with Crippen LogP contribution >= 0.6 is 34.7 Å². The maximum Gasteiger partial charge on any atom is 0.273 e. The number of thiazole rings is 1. The largest absolute Gasteiger partial charge is 0.495 e. The summed E-state index contributed by atoms with van der Waals surface area (Å²) in [5, 5.41) is 3.15. The number of nitrogens with zero attached hydrogens (tertiary/aromatic N) is 3. The summed E-state index contributed by atoms with van der Waals surface area (Å²) in [6, 6.07) is 4.89. The topological polar surface area (TPSA) is 86.1 Å². The molecule has 0 saturated heterocycles. The van der Waals surface area contributed by atoms with E-state index in [-0.39, 0.29) is 12.1 Å². The SMILES string of the molecule is COc1ccc(Cl)cc1NC(=O)Cn1cnc2nc(SC)sc2c1=O. The van der Waals surface area contributed by atoms with Crippen LogP contribution in [0.1, 0.15) is 0 Å². The van der Waals surface area contributed by atoms with Crippen LogP contribution in [0.15, 0.2) is 33.7 Å². The first kappa shape index (κ1) is 17.7. The Morgan fingerprint density at radius 3 is 3.00 bits per heavy atom. The van der Waals surface area contributed by atoms with Gasteiger partial charge in [-0.15, -0.1) is 11.3 Å². The number of carbonyl (C=O) groups excluding carboxylic acids is 1. The summed E-state index contributed by atoms with van der Waals surface area (Å²) in [6.07, 6.45) is 3.20. The third kappa shape index (κ3) is 3.78. The van der Waals surface area contributed by atoms with Crippen molar-refractivity contribution in [1.82, 2.24) is 14.5 Å². The predicted molar refractivity (Wildman–Crippen MR) is 100 cm³/mol. The number of methoxy groups -OCH3 is 1. The number of fused-ring (bicyclic) bond motifs is 1. The minimum absolute atomic E-state index is 0.177. The van der Waals surface area contributed by atoms with Gasteiger partial charge in [0.1, 0.15) is 23.3 Å². The first-order valence-corrected chi connectivity index (χ1v) is 9.47. The lowest BCUT2D eigenvalue weighted by molar-refractivity contribution is -0.116. The number of halogens is 1. The Bertz CT molecular complexity index is 1000. The molecule has 0 aliphatic heterocycles. The first-order valence-electron chi connectivity index (χ1n) is 7.05. The van der Waals surface area contributed by atoms with Crippen LogP contribution in [0.3, 0.4) is 0 Å². The first-order chi connectivity index (χ1) is 12.0.